The Morgan fingerprint density at radius 2 is 1.96 bits per heavy atom. The number of thioether (sulfide) groups is 1. The molecule has 1 aliphatic carbocycles. The average molecular weight is 372 g/mol. The van der Waals surface area contributed by atoms with Gasteiger partial charge in [-0.25, -0.2) is 8.42 Å². The summed E-state index contributed by atoms with van der Waals surface area (Å²) < 4.78 is 25.9. The van der Waals surface area contributed by atoms with Crippen molar-refractivity contribution in [3.8, 4) is 6.07 Å². The van der Waals surface area contributed by atoms with Crippen LogP contribution in [0.3, 0.4) is 0 Å². The maximum atomic E-state index is 12.9. The highest BCUT2D eigenvalue weighted by atomic mass is 32.2. The Labute approximate surface area is 151 Å². The molecule has 0 saturated carbocycles. The van der Waals surface area contributed by atoms with E-state index in [1.54, 1.807) is 29.2 Å². The number of nitriles is 1. The number of carbonyl (C=O) groups excluding carboxylic acids is 1. The van der Waals surface area contributed by atoms with Crippen LogP contribution in [0.15, 0.2) is 63.0 Å². The van der Waals surface area contributed by atoms with Gasteiger partial charge >= 0.3 is 0 Å². The smallest absolute Gasteiger partial charge is 0.219 e. The molecule has 0 N–H and O–H groups in total. The Morgan fingerprint density at radius 3 is 2.56 bits per heavy atom. The fourth-order valence-corrected chi connectivity index (χ4v) is 5.32. The van der Waals surface area contributed by atoms with Crippen LogP contribution in [0.2, 0.25) is 0 Å². The lowest BCUT2D eigenvalue weighted by Crippen LogP contribution is -2.21. The van der Waals surface area contributed by atoms with Gasteiger partial charge in [0.15, 0.2) is 10.7 Å². The fraction of sp³-hybridized carbons (Fsp3) is 0.222. The predicted molar refractivity (Wildman–Crippen MR) is 97.0 cm³/mol. The van der Waals surface area contributed by atoms with Gasteiger partial charge in [-0.3, -0.25) is 4.79 Å². The van der Waals surface area contributed by atoms with E-state index >= 15 is 0 Å². The van der Waals surface area contributed by atoms with Crippen LogP contribution in [-0.4, -0.2) is 31.4 Å². The summed E-state index contributed by atoms with van der Waals surface area (Å²) in [5, 5.41) is 10.0. The molecule has 3 rings (SSSR count). The second-order valence-corrected chi connectivity index (χ2v) is 8.67. The highest BCUT2D eigenvalue weighted by Crippen LogP contribution is 2.38. The van der Waals surface area contributed by atoms with Crippen molar-refractivity contribution in [2.24, 2.45) is 0 Å². The van der Waals surface area contributed by atoms with Crippen molar-refractivity contribution in [2.75, 3.05) is 12.3 Å². The third-order valence-electron chi connectivity index (χ3n) is 3.96. The third-order valence-corrected chi connectivity index (χ3v) is 6.89. The first kappa shape index (κ1) is 17.5. The molecule has 25 heavy (non-hydrogen) atoms. The minimum atomic E-state index is -3.90. The van der Waals surface area contributed by atoms with Crippen molar-refractivity contribution < 1.29 is 13.2 Å². The van der Waals surface area contributed by atoms with Crippen molar-refractivity contribution >= 4 is 27.4 Å². The average Bonchev–Trinajstić information content (AvgIpc) is 3.05. The van der Waals surface area contributed by atoms with E-state index < -0.39 is 9.84 Å². The molecule has 0 atom stereocenters. The Kier molecular flexibility index (Phi) is 4.84. The summed E-state index contributed by atoms with van der Waals surface area (Å²) in [6, 6.07) is 8.35. The van der Waals surface area contributed by atoms with Gasteiger partial charge in [-0.2, -0.15) is 5.26 Å². The quantitative estimate of drug-likeness (QED) is 0.759. The third kappa shape index (κ3) is 3.41. The lowest BCUT2D eigenvalue weighted by atomic mass is 10.1. The summed E-state index contributed by atoms with van der Waals surface area (Å²) in [7, 11) is -3.90. The van der Waals surface area contributed by atoms with Gasteiger partial charge in [0.05, 0.1) is 4.90 Å². The van der Waals surface area contributed by atoms with E-state index in [4.69, 9.17) is 0 Å². The highest BCUT2D eigenvalue weighted by molar-refractivity contribution is 8.04. The molecule has 1 aliphatic heterocycles. The Balaban J connectivity index is 2.06. The summed E-state index contributed by atoms with van der Waals surface area (Å²) in [6.07, 6.45) is 5.20. The van der Waals surface area contributed by atoms with E-state index in [0.29, 0.717) is 17.3 Å². The molecule has 1 aromatic carbocycles. The molecule has 0 aromatic heterocycles. The lowest BCUT2D eigenvalue weighted by Gasteiger charge is -2.22. The first-order valence-electron chi connectivity index (χ1n) is 7.71. The molecule has 0 bridgehead atoms. The van der Waals surface area contributed by atoms with Crippen molar-refractivity contribution in [1.82, 2.24) is 4.90 Å². The summed E-state index contributed by atoms with van der Waals surface area (Å²) in [6.45, 7) is 2.47. The number of sulfone groups is 1. The van der Waals surface area contributed by atoms with Gasteiger partial charge in [-0.05, 0) is 31.2 Å². The first-order chi connectivity index (χ1) is 11.9. The summed E-state index contributed by atoms with van der Waals surface area (Å²) >= 11 is 1.35. The van der Waals surface area contributed by atoms with E-state index in [1.807, 2.05) is 13.0 Å². The number of aryl methyl sites for hydroxylation is 1. The minimum Gasteiger partial charge on any atom is -0.334 e. The van der Waals surface area contributed by atoms with E-state index in [0.717, 1.165) is 11.3 Å². The second kappa shape index (κ2) is 6.90. The maximum Gasteiger partial charge on any atom is 0.219 e. The number of hydrogen-bond donors (Lipinski definition) is 0. The van der Waals surface area contributed by atoms with E-state index in [1.165, 1.54) is 30.0 Å². The van der Waals surface area contributed by atoms with Gasteiger partial charge < -0.3 is 4.90 Å². The largest absolute Gasteiger partial charge is 0.334 e. The number of carbonyl (C=O) groups is 1. The number of rotatable bonds is 3. The van der Waals surface area contributed by atoms with E-state index in [-0.39, 0.29) is 22.0 Å². The zero-order valence-corrected chi connectivity index (χ0v) is 15.2. The molecule has 0 amide bonds. The molecule has 0 unspecified atom stereocenters. The van der Waals surface area contributed by atoms with Crippen LogP contribution in [0, 0.1) is 18.3 Å². The summed E-state index contributed by atoms with van der Waals surface area (Å²) in [5.74, 6) is 0.692. The maximum absolute atomic E-state index is 12.9. The van der Waals surface area contributed by atoms with Crippen molar-refractivity contribution in [1.29, 1.82) is 5.26 Å². The monoisotopic (exact) mass is 372 g/mol. The summed E-state index contributed by atoms with van der Waals surface area (Å²) in [5.41, 5.74) is 1.70. The van der Waals surface area contributed by atoms with Crippen LogP contribution < -0.4 is 0 Å². The van der Waals surface area contributed by atoms with E-state index in [9.17, 15) is 18.5 Å². The Bertz CT molecular complexity index is 949. The van der Waals surface area contributed by atoms with Crippen LogP contribution in [0.1, 0.15) is 12.0 Å². The standard InChI is InChI=1S/C18H16N2O3S2/c1-13-2-8-16(9-3-13)25(22,23)17(12-19)18-20(10-11-24-18)14-4-6-15(21)7-5-14/h2-6,8-9H,7,10-11H2,1H3. The van der Waals surface area contributed by atoms with Gasteiger partial charge in [0.25, 0.3) is 0 Å². The van der Waals surface area contributed by atoms with Crippen molar-refractivity contribution in [2.45, 2.75) is 18.2 Å². The van der Waals surface area contributed by atoms with Gasteiger partial charge in [-0.1, -0.05) is 23.8 Å². The molecule has 7 heteroatoms. The molecule has 5 nitrogen and oxygen atoms in total. The Hall–Kier alpha value is -2.30. The van der Waals surface area contributed by atoms with Gasteiger partial charge in [0, 0.05) is 24.4 Å². The minimum absolute atomic E-state index is 0.00825. The van der Waals surface area contributed by atoms with Crippen molar-refractivity contribution in [3.05, 3.63) is 63.7 Å². The zero-order valence-electron chi connectivity index (χ0n) is 13.6. The normalized spacial score (nSPS) is 19.6. The van der Waals surface area contributed by atoms with Crippen LogP contribution in [0.4, 0.5) is 0 Å². The molecule has 128 valence electrons. The molecule has 1 heterocycles. The molecular weight excluding hydrogens is 356 g/mol. The number of benzene rings is 1. The molecular formula is C18H16N2O3S2. The van der Waals surface area contributed by atoms with Gasteiger partial charge in [0.1, 0.15) is 11.1 Å². The predicted octanol–water partition coefficient (Wildman–Crippen LogP) is 2.92. The van der Waals surface area contributed by atoms with E-state index in [2.05, 4.69) is 0 Å². The zero-order chi connectivity index (χ0) is 18.0. The van der Waals surface area contributed by atoms with Gasteiger partial charge in [-0.15, -0.1) is 11.8 Å². The SMILES string of the molecule is Cc1ccc(S(=O)(=O)C(C#N)=C2SCCN2C2=CCC(=O)C=C2)cc1. The van der Waals surface area contributed by atoms with Crippen LogP contribution in [0.25, 0.3) is 0 Å². The molecule has 0 spiro atoms. The molecule has 1 aromatic rings. The number of hydrogen-bond acceptors (Lipinski definition) is 6. The van der Waals surface area contributed by atoms with Crippen LogP contribution >= 0.6 is 11.8 Å². The van der Waals surface area contributed by atoms with Crippen molar-refractivity contribution in [3.63, 3.8) is 0 Å². The molecule has 0 radical (unpaired) electrons. The van der Waals surface area contributed by atoms with Crippen LogP contribution in [0.5, 0.6) is 0 Å². The number of ketones is 1. The highest BCUT2D eigenvalue weighted by Gasteiger charge is 2.32. The fourth-order valence-electron chi connectivity index (χ4n) is 2.63. The molecule has 1 fully saturated rings. The number of allylic oxidation sites excluding steroid dienone is 4. The van der Waals surface area contributed by atoms with Gasteiger partial charge in [0.2, 0.25) is 9.84 Å². The molecule has 1 saturated heterocycles. The first-order valence-corrected chi connectivity index (χ1v) is 10.2. The lowest BCUT2D eigenvalue weighted by molar-refractivity contribution is -0.113. The molecule has 2 aliphatic rings. The number of nitrogens with zero attached hydrogens (tertiary/aromatic N) is 2. The van der Waals surface area contributed by atoms with Crippen LogP contribution in [-0.2, 0) is 14.6 Å². The topological polar surface area (TPSA) is 78.2 Å². The Morgan fingerprint density at radius 1 is 1.24 bits per heavy atom. The second-order valence-electron chi connectivity index (χ2n) is 5.70. The summed E-state index contributed by atoms with van der Waals surface area (Å²) in [4.78, 5) is 13.0.